The van der Waals surface area contributed by atoms with Gasteiger partial charge >= 0.3 is 6.16 Å². The van der Waals surface area contributed by atoms with Crippen molar-refractivity contribution in [3.8, 4) is 34.3 Å². The van der Waals surface area contributed by atoms with Gasteiger partial charge in [0.15, 0.2) is 35.7 Å². The zero-order chi connectivity index (χ0) is 20.0. The van der Waals surface area contributed by atoms with Crippen molar-refractivity contribution in [2.45, 2.75) is 19.9 Å². The highest BCUT2D eigenvalue weighted by Gasteiger charge is 2.29. The highest BCUT2D eigenvalue weighted by atomic mass is 35.5. The van der Waals surface area contributed by atoms with E-state index in [1.165, 1.54) is 5.56 Å². The van der Waals surface area contributed by atoms with E-state index < -0.39 is 6.16 Å². The smallest absolute Gasteiger partial charge is 0.513 e. The van der Waals surface area contributed by atoms with Gasteiger partial charge in [-0.15, -0.1) is 0 Å². The van der Waals surface area contributed by atoms with Crippen molar-refractivity contribution < 1.29 is 45.5 Å². The van der Waals surface area contributed by atoms with Crippen LogP contribution in [0.15, 0.2) is 36.5 Å². The van der Waals surface area contributed by atoms with Gasteiger partial charge in [-0.1, -0.05) is 0 Å². The number of hydrogen-bond donors (Lipinski definition) is 0. The van der Waals surface area contributed by atoms with Crippen LogP contribution in [0, 0.1) is 0 Å². The zero-order valence-corrected chi connectivity index (χ0v) is 17.3. The topological polar surface area (TPSA) is 67.1 Å². The van der Waals surface area contributed by atoms with Crippen LogP contribution in [0.25, 0.3) is 22.0 Å². The van der Waals surface area contributed by atoms with Gasteiger partial charge in [0.1, 0.15) is 0 Å². The second-order valence-corrected chi connectivity index (χ2v) is 6.85. The maximum atomic E-state index is 12.0. The molecule has 30 heavy (non-hydrogen) atoms. The number of fused-ring (bicyclic) bond motifs is 5. The second kappa shape index (κ2) is 7.91. The van der Waals surface area contributed by atoms with E-state index in [9.17, 15) is 4.79 Å². The summed E-state index contributed by atoms with van der Waals surface area (Å²) in [4.78, 5) is 12.0. The molecule has 0 N–H and O–H groups in total. The summed E-state index contributed by atoms with van der Waals surface area (Å²) in [6.07, 6.45) is 2.11. The van der Waals surface area contributed by atoms with E-state index in [2.05, 4.69) is 16.7 Å². The van der Waals surface area contributed by atoms with Gasteiger partial charge in [-0.05, 0) is 42.1 Å². The lowest BCUT2D eigenvalue weighted by molar-refractivity contribution is -0.686. The largest absolute Gasteiger partial charge is 1.00 e. The minimum absolute atomic E-state index is 0. The fourth-order valence-corrected chi connectivity index (χ4v) is 3.89. The Labute approximate surface area is 179 Å². The third kappa shape index (κ3) is 3.25. The maximum absolute atomic E-state index is 12.0. The average Bonchev–Trinajstić information content (AvgIpc) is 3.19. The van der Waals surface area contributed by atoms with E-state index in [0.717, 1.165) is 46.5 Å². The van der Waals surface area contributed by atoms with E-state index in [1.807, 2.05) is 18.3 Å². The number of pyridine rings is 1. The van der Waals surface area contributed by atoms with Gasteiger partial charge in [-0.3, -0.25) is 0 Å². The van der Waals surface area contributed by atoms with Crippen molar-refractivity contribution in [1.82, 2.24) is 0 Å². The van der Waals surface area contributed by atoms with Crippen molar-refractivity contribution in [1.29, 1.82) is 0 Å². The van der Waals surface area contributed by atoms with Crippen LogP contribution in [0.2, 0.25) is 0 Å². The molecule has 2 aliphatic rings. The van der Waals surface area contributed by atoms with Gasteiger partial charge < -0.3 is 36.1 Å². The van der Waals surface area contributed by atoms with Crippen LogP contribution in [0.5, 0.6) is 23.0 Å². The monoisotopic (exact) mass is 429 g/mol. The Hall–Kier alpha value is -3.19. The minimum Gasteiger partial charge on any atom is -1.00 e. The fraction of sp³-hybridized carbons (Fsp3) is 0.273. The Morgan fingerprint density at radius 2 is 1.97 bits per heavy atom. The number of carbonyl (C=O) groups is 1. The predicted octanol–water partition coefficient (Wildman–Crippen LogP) is 0.627. The molecule has 1 aromatic heterocycles. The van der Waals surface area contributed by atoms with Gasteiger partial charge in [-0.2, -0.15) is 4.57 Å². The summed E-state index contributed by atoms with van der Waals surface area (Å²) < 4.78 is 29.1. The summed E-state index contributed by atoms with van der Waals surface area (Å²) in [5, 5.41) is 1.72. The van der Waals surface area contributed by atoms with Gasteiger partial charge in [0.25, 0.3) is 0 Å². The highest BCUT2D eigenvalue weighted by molar-refractivity contribution is 5.93. The average molecular weight is 430 g/mol. The zero-order valence-electron chi connectivity index (χ0n) is 16.6. The molecular weight excluding hydrogens is 410 g/mol. The number of aromatic nitrogens is 1. The maximum Gasteiger partial charge on any atom is 0.513 e. The third-order valence-corrected chi connectivity index (χ3v) is 5.24. The minimum atomic E-state index is -0.751. The molecule has 0 atom stereocenters. The van der Waals surface area contributed by atoms with Crippen LogP contribution in [0.1, 0.15) is 12.5 Å². The SMILES string of the molecule is CCOC(=O)Oc1c(OC)ccc2cc3[n+](cc12)CCc1cc2c(cc1-3)OCO2.[Cl-]. The summed E-state index contributed by atoms with van der Waals surface area (Å²) in [5.74, 6) is 2.40. The number of methoxy groups -OCH3 is 1. The lowest BCUT2D eigenvalue weighted by Crippen LogP contribution is -3.00. The Balaban J connectivity index is 0.00000218. The summed E-state index contributed by atoms with van der Waals surface area (Å²) in [7, 11) is 1.55. The quantitative estimate of drug-likeness (QED) is 0.345. The lowest BCUT2D eigenvalue weighted by Gasteiger charge is -2.17. The molecule has 0 radical (unpaired) electrons. The van der Waals surface area contributed by atoms with Crippen LogP contribution in [-0.2, 0) is 17.7 Å². The molecule has 3 heterocycles. The molecule has 0 amide bonds. The number of halogens is 1. The number of ether oxygens (including phenoxy) is 5. The van der Waals surface area contributed by atoms with Crippen molar-refractivity contribution in [3.05, 3.63) is 42.1 Å². The van der Waals surface area contributed by atoms with Crippen LogP contribution >= 0.6 is 0 Å². The second-order valence-electron chi connectivity index (χ2n) is 6.85. The van der Waals surface area contributed by atoms with Crippen LogP contribution in [0.4, 0.5) is 4.79 Å². The molecule has 5 rings (SSSR count). The highest BCUT2D eigenvalue weighted by Crippen LogP contribution is 2.41. The van der Waals surface area contributed by atoms with Crippen LogP contribution in [-0.4, -0.2) is 26.7 Å². The van der Waals surface area contributed by atoms with E-state index >= 15 is 0 Å². The summed E-state index contributed by atoms with van der Waals surface area (Å²) in [6.45, 7) is 3.03. The lowest BCUT2D eigenvalue weighted by atomic mass is 9.95. The van der Waals surface area contributed by atoms with E-state index in [4.69, 9.17) is 23.7 Å². The first kappa shape index (κ1) is 20.1. The Morgan fingerprint density at radius 3 is 2.73 bits per heavy atom. The molecule has 0 unspecified atom stereocenters. The number of carbonyl (C=O) groups excluding carboxylic acids is 1. The molecule has 2 aromatic carbocycles. The van der Waals surface area contributed by atoms with Gasteiger partial charge in [0, 0.05) is 12.5 Å². The Bertz CT molecular complexity index is 1150. The van der Waals surface area contributed by atoms with Crippen molar-refractivity contribution in [3.63, 3.8) is 0 Å². The van der Waals surface area contributed by atoms with E-state index in [-0.39, 0.29) is 25.8 Å². The van der Waals surface area contributed by atoms with Crippen LogP contribution < -0.4 is 35.9 Å². The molecule has 3 aromatic rings. The molecule has 7 nitrogen and oxygen atoms in total. The van der Waals surface area contributed by atoms with Crippen LogP contribution in [0.3, 0.4) is 0 Å². The number of benzene rings is 2. The third-order valence-electron chi connectivity index (χ3n) is 5.24. The first-order chi connectivity index (χ1) is 14.2. The standard InChI is InChI=1S/C22H20NO6.ClH/c1-3-26-22(24)29-21-16-11-23-7-6-14-9-19-20(28-12-27-19)10-15(14)17(23)8-13(16)4-5-18(21)25-2;/h4-5,8-11H,3,6-7,12H2,1-2H3;1H/q+1;/p-1. The van der Waals surface area contributed by atoms with E-state index in [0.29, 0.717) is 11.5 Å². The first-order valence-electron chi connectivity index (χ1n) is 9.49. The van der Waals surface area contributed by atoms with E-state index in [1.54, 1.807) is 20.1 Å². The number of aryl methyl sites for hydroxylation is 2. The molecule has 156 valence electrons. The van der Waals surface area contributed by atoms with Gasteiger partial charge in [-0.25, -0.2) is 4.79 Å². The summed E-state index contributed by atoms with van der Waals surface area (Å²) in [5.41, 5.74) is 3.42. The molecule has 0 fully saturated rings. The number of nitrogens with zero attached hydrogens (tertiary/aromatic N) is 1. The number of hydrogen-bond acceptors (Lipinski definition) is 6. The molecule has 2 aliphatic heterocycles. The molecule has 8 heteroatoms. The summed E-state index contributed by atoms with van der Waals surface area (Å²) >= 11 is 0. The first-order valence-corrected chi connectivity index (χ1v) is 9.49. The summed E-state index contributed by atoms with van der Waals surface area (Å²) in [6, 6.07) is 9.93. The molecular formula is C22H20ClNO6. The normalized spacial score (nSPS) is 13.1. The van der Waals surface area contributed by atoms with Crippen molar-refractivity contribution >= 4 is 16.9 Å². The molecule has 0 saturated carbocycles. The predicted molar refractivity (Wildman–Crippen MR) is 104 cm³/mol. The molecule has 0 bridgehead atoms. The molecule has 0 aliphatic carbocycles. The van der Waals surface area contributed by atoms with Gasteiger partial charge in [0.2, 0.25) is 12.5 Å². The van der Waals surface area contributed by atoms with Gasteiger partial charge in [0.05, 0.1) is 24.7 Å². The van der Waals surface area contributed by atoms with Crippen molar-refractivity contribution in [2.75, 3.05) is 20.5 Å². The number of rotatable bonds is 3. The molecule has 0 spiro atoms. The fourth-order valence-electron chi connectivity index (χ4n) is 3.89. The Morgan fingerprint density at radius 1 is 1.17 bits per heavy atom. The Kier molecular flexibility index (Phi) is 5.30. The van der Waals surface area contributed by atoms with Crippen molar-refractivity contribution in [2.24, 2.45) is 0 Å². The molecule has 0 saturated heterocycles.